The largest absolute Gasteiger partial charge is 0.399 e. The fourth-order valence-electron chi connectivity index (χ4n) is 2.31. The summed E-state index contributed by atoms with van der Waals surface area (Å²) in [4.78, 5) is 13.6. The van der Waals surface area contributed by atoms with Gasteiger partial charge < -0.3 is 20.8 Å². The first-order valence-corrected chi connectivity index (χ1v) is 6.61. The van der Waals surface area contributed by atoms with E-state index in [1.165, 1.54) is 4.90 Å². The van der Waals surface area contributed by atoms with Gasteiger partial charge in [-0.15, -0.1) is 0 Å². The van der Waals surface area contributed by atoms with Crippen molar-refractivity contribution >= 4 is 11.6 Å². The number of anilines is 1. The highest BCUT2D eigenvalue weighted by atomic mass is 16.3. The van der Waals surface area contributed by atoms with Crippen LogP contribution in [-0.2, 0) is 0 Å². The Labute approximate surface area is 121 Å². The molecule has 1 fully saturated rings. The number of amides is 1. The number of rotatable bonds is 2. The van der Waals surface area contributed by atoms with Crippen molar-refractivity contribution in [3.8, 4) is 5.69 Å². The van der Waals surface area contributed by atoms with Gasteiger partial charge >= 0.3 is 0 Å². The molecular formula is C14H16N4O3. The Morgan fingerprint density at radius 1 is 1.14 bits per heavy atom. The van der Waals surface area contributed by atoms with Crippen LogP contribution in [-0.4, -0.2) is 56.1 Å². The molecule has 1 aromatic carbocycles. The molecule has 1 aliphatic rings. The molecule has 7 nitrogen and oxygen atoms in total. The molecule has 0 radical (unpaired) electrons. The van der Waals surface area contributed by atoms with Crippen molar-refractivity contribution < 1.29 is 15.0 Å². The summed E-state index contributed by atoms with van der Waals surface area (Å²) in [5, 5.41) is 23.2. The highest BCUT2D eigenvalue weighted by Gasteiger charge is 2.33. The molecule has 0 spiro atoms. The smallest absolute Gasteiger partial charge is 0.274 e. The van der Waals surface area contributed by atoms with E-state index >= 15 is 0 Å². The standard InChI is InChI=1S/C14H16N4O3/c15-9-1-3-10(4-2-9)18-6-5-11(16-18)14(21)17-7-12(19)13(20)8-17/h1-6,12-13,19-20H,7-8,15H2. The van der Waals surface area contributed by atoms with E-state index in [4.69, 9.17) is 5.73 Å². The van der Waals surface area contributed by atoms with Crippen molar-refractivity contribution in [2.45, 2.75) is 12.2 Å². The highest BCUT2D eigenvalue weighted by molar-refractivity contribution is 5.92. The van der Waals surface area contributed by atoms with Crippen molar-refractivity contribution in [2.24, 2.45) is 0 Å². The van der Waals surface area contributed by atoms with Crippen molar-refractivity contribution in [3.63, 3.8) is 0 Å². The number of carbonyl (C=O) groups is 1. The number of benzene rings is 1. The van der Waals surface area contributed by atoms with E-state index in [0.29, 0.717) is 5.69 Å². The number of β-amino-alcohol motifs (C(OH)–C–C–N with tert-alkyl or cyclic N) is 2. The minimum absolute atomic E-state index is 0.120. The second-order valence-corrected chi connectivity index (χ2v) is 5.08. The number of nitrogens with zero attached hydrogens (tertiary/aromatic N) is 3. The zero-order valence-corrected chi connectivity index (χ0v) is 11.3. The Morgan fingerprint density at radius 3 is 2.38 bits per heavy atom. The lowest BCUT2D eigenvalue weighted by atomic mass is 10.3. The number of aliphatic hydroxyl groups is 2. The number of likely N-dealkylation sites (tertiary alicyclic amines) is 1. The van der Waals surface area contributed by atoms with Gasteiger partial charge in [0, 0.05) is 25.0 Å². The fourth-order valence-corrected chi connectivity index (χ4v) is 2.31. The molecule has 2 unspecified atom stereocenters. The molecule has 0 saturated carbocycles. The molecule has 21 heavy (non-hydrogen) atoms. The van der Waals surface area contributed by atoms with E-state index in [1.54, 1.807) is 41.2 Å². The van der Waals surface area contributed by atoms with Crippen LogP contribution in [0, 0.1) is 0 Å². The van der Waals surface area contributed by atoms with Crippen LogP contribution in [0.5, 0.6) is 0 Å². The fraction of sp³-hybridized carbons (Fsp3) is 0.286. The van der Waals surface area contributed by atoms with Crippen LogP contribution < -0.4 is 5.73 Å². The Bertz CT molecular complexity index is 642. The Hall–Kier alpha value is -2.38. The van der Waals surface area contributed by atoms with Crippen LogP contribution >= 0.6 is 0 Å². The normalized spacial score (nSPS) is 21.7. The first-order valence-electron chi connectivity index (χ1n) is 6.61. The summed E-state index contributed by atoms with van der Waals surface area (Å²) in [6, 6.07) is 8.73. The molecular weight excluding hydrogens is 272 g/mol. The Balaban J connectivity index is 1.79. The number of nitrogen functional groups attached to an aromatic ring is 1. The molecule has 1 amide bonds. The molecule has 1 aromatic heterocycles. The van der Waals surface area contributed by atoms with E-state index in [0.717, 1.165) is 5.69 Å². The second-order valence-electron chi connectivity index (χ2n) is 5.08. The van der Waals surface area contributed by atoms with Gasteiger partial charge in [-0.05, 0) is 30.3 Å². The number of aliphatic hydroxyl groups excluding tert-OH is 2. The van der Waals surface area contributed by atoms with Crippen LogP contribution in [0.2, 0.25) is 0 Å². The lowest BCUT2D eigenvalue weighted by molar-refractivity contribution is 0.0572. The predicted molar refractivity (Wildman–Crippen MR) is 75.9 cm³/mol. The third kappa shape index (κ3) is 2.61. The van der Waals surface area contributed by atoms with Crippen LogP contribution in [0.4, 0.5) is 5.69 Å². The average Bonchev–Trinajstić information content (AvgIpc) is 3.07. The quantitative estimate of drug-likeness (QED) is 0.654. The minimum atomic E-state index is -0.895. The summed E-state index contributed by atoms with van der Waals surface area (Å²) >= 11 is 0. The van der Waals surface area contributed by atoms with Crippen molar-refractivity contribution in [1.82, 2.24) is 14.7 Å². The van der Waals surface area contributed by atoms with Crippen molar-refractivity contribution in [2.75, 3.05) is 18.8 Å². The van der Waals surface area contributed by atoms with Gasteiger partial charge in [0.15, 0.2) is 5.69 Å². The lowest BCUT2D eigenvalue weighted by Crippen LogP contribution is -2.30. The summed E-state index contributed by atoms with van der Waals surface area (Å²) in [6.45, 7) is 0.240. The van der Waals surface area contributed by atoms with E-state index < -0.39 is 12.2 Å². The number of aromatic nitrogens is 2. The summed E-state index contributed by atoms with van der Waals surface area (Å²) in [6.07, 6.45) is -0.108. The van der Waals surface area contributed by atoms with Gasteiger partial charge in [0.2, 0.25) is 0 Å². The zero-order valence-electron chi connectivity index (χ0n) is 11.3. The molecule has 2 heterocycles. The van der Waals surface area contributed by atoms with Crippen LogP contribution in [0.3, 0.4) is 0 Å². The molecule has 0 aliphatic carbocycles. The highest BCUT2D eigenvalue weighted by Crippen LogP contribution is 2.15. The summed E-state index contributed by atoms with van der Waals surface area (Å²) in [5.41, 5.74) is 7.35. The van der Waals surface area contributed by atoms with Gasteiger partial charge in [-0.1, -0.05) is 0 Å². The molecule has 110 valence electrons. The molecule has 3 rings (SSSR count). The monoisotopic (exact) mass is 288 g/mol. The number of hydrogen-bond donors (Lipinski definition) is 3. The molecule has 1 aliphatic heterocycles. The Kier molecular flexibility index (Phi) is 3.36. The van der Waals surface area contributed by atoms with E-state index in [-0.39, 0.29) is 24.7 Å². The number of carbonyl (C=O) groups excluding carboxylic acids is 1. The topological polar surface area (TPSA) is 105 Å². The van der Waals surface area contributed by atoms with Crippen LogP contribution in [0.25, 0.3) is 5.69 Å². The molecule has 2 atom stereocenters. The molecule has 4 N–H and O–H groups in total. The maximum atomic E-state index is 12.2. The number of nitrogens with two attached hydrogens (primary N) is 1. The predicted octanol–water partition coefficient (Wildman–Crippen LogP) is -0.368. The van der Waals surface area contributed by atoms with Crippen molar-refractivity contribution in [1.29, 1.82) is 0 Å². The maximum absolute atomic E-state index is 12.2. The zero-order chi connectivity index (χ0) is 15.0. The summed E-state index contributed by atoms with van der Waals surface area (Å²) < 4.78 is 1.58. The first-order chi connectivity index (χ1) is 10.0. The van der Waals surface area contributed by atoms with E-state index in [2.05, 4.69) is 5.10 Å². The molecule has 7 heteroatoms. The Morgan fingerprint density at radius 2 is 1.76 bits per heavy atom. The third-order valence-corrected chi connectivity index (χ3v) is 3.51. The van der Waals surface area contributed by atoms with Crippen LogP contribution in [0.1, 0.15) is 10.5 Å². The van der Waals surface area contributed by atoms with E-state index in [9.17, 15) is 15.0 Å². The summed E-state index contributed by atoms with van der Waals surface area (Å²) in [5.74, 6) is -0.306. The first kappa shape index (κ1) is 13.6. The second kappa shape index (κ2) is 5.19. The minimum Gasteiger partial charge on any atom is -0.399 e. The summed E-state index contributed by atoms with van der Waals surface area (Å²) in [7, 11) is 0. The van der Waals surface area contributed by atoms with Gasteiger partial charge in [-0.2, -0.15) is 5.10 Å². The molecule has 1 saturated heterocycles. The number of hydrogen-bond acceptors (Lipinski definition) is 5. The third-order valence-electron chi connectivity index (χ3n) is 3.51. The van der Waals surface area contributed by atoms with Gasteiger partial charge in [-0.25, -0.2) is 4.68 Å². The molecule has 0 bridgehead atoms. The van der Waals surface area contributed by atoms with Gasteiger partial charge in [0.05, 0.1) is 17.9 Å². The van der Waals surface area contributed by atoms with Crippen LogP contribution in [0.15, 0.2) is 36.5 Å². The average molecular weight is 288 g/mol. The lowest BCUT2D eigenvalue weighted by Gasteiger charge is -2.13. The van der Waals surface area contributed by atoms with Gasteiger partial charge in [0.25, 0.3) is 5.91 Å². The SMILES string of the molecule is Nc1ccc(-n2ccc(C(=O)N3CC(O)C(O)C3)n2)cc1. The molecule has 2 aromatic rings. The van der Waals surface area contributed by atoms with E-state index in [1.807, 2.05) is 0 Å². The van der Waals surface area contributed by atoms with Crippen molar-refractivity contribution in [3.05, 3.63) is 42.2 Å². The van der Waals surface area contributed by atoms with Gasteiger partial charge in [0.1, 0.15) is 0 Å². The maximum Gasteiger partial charge on any atom is 0.274 e. The van der Waals surface area contributed by atoms with Gasteiger partial charge in [-0.3, -0.25) is 4.79 Å².